The van der Waals surface area contributed by atoms with Gasteiger partial charge in [-0.15, -0.1) is 0 Å². The van der Waals surface area contributed by atoms with Crippen LogP contribution in [0.4, 0.5) is 5.69 Å². The van der Waals surface area contributed by atoms with Crippen molar-refractivity contribution in [2.75, 3.05) is 38.3 Å². The number of nitrogens with two attached hydrogens (primary N) is 1. The number of nitrogens with zero attached hydrogens (tertiary/aromatic N) is 2. The molecule has 0 radical (unpaired) electrons. The summed E-state index contributed by atoms with van der Waals surface area (Å²) in [6.07, 6.45) is 1.15. The van der Waals surface area contributed by atoms with Crippen molar-refractivity contribution >= 4 is 27.6 Å². The number of methoxy groups -OCH3 is 1. The Hall–Kier alpha value is -1.27. The molecule has 2 atom stereocenters. The maximum atomic E-state index is 5.91. The third-order valence-electron chi connectivity index (χ3n) is 3.79. The van der Waals surface area contributed by atoms with E-state index in [-0.39, 0.29) is 6.04 Å². The topological polar surface area (TPSA) is 62.9 Å². The zero-order valence-corrected chi connectivity index (χ0v) is 14.8. The Morgan fingerprint density at radius 1 is 1.59 bits per heavy atom. The number of halogens is 1. The van der Waals surface area contributed by atoms with E-state index in [1.165, 1.54) is 5.69 Å². The Kier molecular flexibility index (Phi) is 6.51. The fraction of sp³-hybridized carbons (Fsp3) is 0.562. The van der Waals surface area contributed by atoms with Gasteiger partial charge in [0.2, 0.25) is 0 Å². The summed E-state index contributed by atoms with van der Waals surface area (Å²) in [5.74, 6) is 1.06. The van der Waals surface area contributed by atoms with Gasteiger partial charge < -0.3 is 20.7 Å². The van der Waals surface area contributed by atoms with E-state index in [1.807, 2.05) is 6.92 Å². The first kappa shape index (κ1) is 17.1. The molecule has 2 unspecified atom stereocenters. The number of hydrogen-bond acceptors (Lipinski definition) is 3. The quantitative estimate of drug-likeness (QED) is 0.596. The number of hydrogen-bond donors (Lipinski definition) is 2. The summed E-state index contributed by atoms with van der Waals surface area (Å²) >= 11 is 3.53. The van der Waals surface area contributed by atoms with E-state index >= 15 is 0 Å². The van der Waals surface area contributed by atoms with Gasteiger partial charge in [-0.3, -0.25) is 4.99 Å². The normalized spacial score (nSPS) is 20.2. The zero-order chi connectivity index (χ0) is 15.9. The lowest BCUT2D eigenvalue weighted by Gasteiger charge is -2.18. The smallest absolute Gasteiger partial charge is 0.188 e. The Labute approximate surface area is 141 Å². The van der Waals surface area contributed by atoms with Crippen molar-refractivity contribution in [3.8, 4) is 0 Å². The number of ether oxygens (including phenoxy) is 1. The van der Waals surface area contributed by atoms with Crippen molar-refractivity contribution in [1.82, 2.24) is 5.32 Å². The second-order valence-corrected chi connectivity index (χ2v) is 6.72. The Bertz CT molecular complexity index is 509. The first-order valence-corrected chi connectivity index (χ1v) is 8.43. The van der Waals surface area contributed by atoms with Gasteiger partial charge in [-0.05, 0) is 37.5 Å². The molecule has 122 valence electrons. The van der Waals surface area contributed by atoms with Crippen LogP contribution in [-0.4, -0.2) is 45.4 Å². The van der Waals surface area contributed by atoms with Crippen molar-refractivity contribution in [1.29, 1.82) is 0 Å². The van der Waals surface area contributed by atoms with Crippen LogP contribution in [0.5, 0.6) is 0 Å². The molecule has 0 aromatic heterocycles. The van der Waals surface area contributed by atoms with Crippen molar-refractivity contribution in [3.63, 3.8) is 0 Å². The molecule has 1 aliphatic heterocycles. The lowest BCUT2D eigenvalue weighted by atomic mass is 10.1. The molecule has 1 saturated heterocycles. The van der Waals surface area contributed by atoms with E-state index in [2.05, 4.69) is 55.4 Å². The van der Waals surface area contributed by atoms with Crippen LogP contribution in [0.3, 0.4) is 0 Å². The lowest BCUT2D eigenvalue weighted by Crippen LogP contribution is -2.41. The van der Waals surface area contributed by atoms with E-state index in [0.717, 1.165) is 30.5 Å². The highest BCUT2D eigenvalue weighted by atomic mass is 79.9. The SMILES string of the molecule is COCC(C)NC(N)=NCC1CCN(c2cccc(Br)c2)C1. The van der Waals surface area contributed by atoms with Crippen LogP contribution in [0.2, 0.25) is 0 Å². The molecule has 0 amide bonds. The van der Waals surface area contributed by atoms with E-state index in [9.17, 15) is 0 Å². The molecule has 6 heteroatoms. The highest BCUT2D eigenvalue weighted by Gasteiger charge is 2.22. The molecule has 3 N–H and O–H groups in total. The van der Waals surface area contributed by atoms with Crippen molar-refractivity contribution < 1.29 is 4.74 Å². The van der Waals surface area contributed by atoms with Crippen LogP contribution >= 0.6 is 15.9 Å². The molecule has 5 nitrogen and oxygen atoms in total. The van der Waals surface area contributed by atoms with Gasteiger partial charge >= 0.3 is 0 Å². The molecular formula is C16H25BrN4O. The number of guanidine groups is 1. The maximum absolute atomic E-state index is 5.91. The molecule has 22 heavy (non-hydrogen) atoms. The monoisotopic (exact) mass is 368 g/mol. The van der Waals surface area contributed by atoms with Crippen molar-refractivity contribution in [3.05, 3.63) is 28.7 Å². The maximum Gasteiger partial charge on any atom is 0.188 e. The third-order valence-corrected chi connectivity index (χ3v) is 4.28. The van der Waals surface area contributed by atoms with E-state index in [4.69, 9.17) is 10.5 Å². The third kappa shape index (κ3) is 5.18. The fourth-order valence-corrected chi connectivity index (χ4v) is 3.09. The summed E-state index contributed by atoms with van der Waals surface area (Å²) in [7, 11) is 1.68. The predicted molar refractivity (Wildman–Crippen MR) is 95.4 cm³/mol. The van der Waals surface area contributed by atoms with Gasteiger partial charge in [-0.1, -0.05) is 22.0 Å². The predicted octanol–water partition coefficient (Wildman–Crippen LogP) is 2.21. The molecule has 1 heterocycles. The Balaban J connectivity index is 1.81. The van der Waals surface area contributed by atoms with Crippen LogP contribution in [0.15, 0.2) is 33.7 Å². The van der Waals surface area contributed by atoms with Crippen LogP contribution in [0, 0.1) is 5.92 Å². The van der Waals surface area contributed by atoms with Crippen molar-refractivity contribution in [2.24, 2.45) is 16.6 Å². The average Bonchev–Trinajstić information content (AvgIpc) is 2.94. The summed E-state index contributed by atoms with van der Waals surface area (Å²) < 4.78 is 6.19. The molecule has 0 bridgehead atoms. The second-order valence-electron chi connectivity index (χ2n) is 5.81. The second kappa shape index (κ2) is 8.39. The lowest BCUT2D eigenvalue weighted by molar-refractivity contribution is 0.179. The van der Waals surface area contributed by atoms with E-state index < -0.39 is 0 Å². The summed E-state index contributed by atoms with van der Waals surface area (Å²) in [6.45, 7) is 5.51. The molecule has 0 spiro atoms. The zero-order valence-electron chi connectivity index (χ0n) is 13.3. The molecule has 1 fully saturated rings. The van der Waals surface area contributed by atoms with Gasteiger partial charge in [0, 0.05) is 42.9 Å². The number of benzene rings is 1. The number of anilines is 1. The Morgan fingerprint density at radius 3 is 3.14 bits per heavy atom. The van der Waals surface area contributed by atoms with Crippen LogP contribution in [0.25, 0.3) is 0 Å². The molecule has 2 rings (SSSR count). The number of aliphatic imine (C=N–C) groups is 1. The van der Waals surface area contributed by atoms with Gasteiger partial charge in [-0.2, -0.15) is 0 Å². The van der Waals surface area contributed by atoms with Crippen LogP contribution in [-0.2, 0) is 4.74 Å². The highest BCUT2D eigenvalue weighted by Crippen LogP contribution is 2.26. The molecule has 0 aliphatic carbocycles. The summed E-state index contributed by atoms with van der Waals surface area (Å²) in [6, 6.07) is 8.61. The minimum atomic E-state index is 0.176. The standard InChI is InChI=1S/C16H25BrN4O/c1-12(11-22-2)20-16(18)19-9-13-6-7-21(10-13)15-5-3-4-14(17)8-15/h3-5,8,12-13H,6-7,9-11H2,1-2H3,(H3,18,19,20). The molecule has 1 aliphatic rings. The number of rotatable bonds is 6. The van der Waals surface area contributed by atoms with Gasteiger partial charge in [0.25, 0.3) is 0 Å². The molecular weight excluding hydrogens is 344 g/mol. The molecule has 1 aromatic carbocycles. The van der Waals surface area contributed by atoms with Crippen molar-refractivity contribution in [2.45, 2.75) is 19.4 Å². The van der Waals surface area contributed by atoms with Gasteiger partial charge in [0.1, 0.15) is 0 Å². The van der Waals surface area contributed by atoms with E-state index in [1.54, 1.807) is 7.11 Å². The average molecular weight is 369 g/mol. The summed E-state index contributed by atoms with van der Waals surface area (Å²) in [4.78, 5) is 6.87. The fourth-order valence-electron chi connectivity index (χ4n) is 2.71. The minimum Gasteiger partial charge on any atom is -0.383 e. The highest BCUT2D eigenvalue weighted by molar-refractivity contribution is 9.10. The summed E-state index contributed by atoms with van der Waals surface area (Å²) in [5.41, 5.74) is 7.18. The van der Waals surface area contributed by atoms with E-state index in [0.29, 0.717) is 18.5 Å². The summed E-state index contributed by atoms with van der Waals surface area (Å²) in [5, 5.41) is 3.14. The molecule has 1 aromatic rings. The first-order chi connectivity index (χ1) is 10.6. The minimum absolute atomic E-state index is 0.176. The van der Waals surface area contributed by atoms with Gasteiger partial charge in [-0.25, -0.2) is 0 Å². The van der Waals surface area contributed by atoms with Gasteiger partial charge in [0.05, 0.1) is 6.61 Å². The number of nitrogens with one attached hydrogen (secondary N) is 1. The van der Waals surface area contributed by atoms with Crippen LogP contribution in [0.1, 0.15) is 13.3 Å². The first-order valence-electron chi connectivity index (χ1n) is 7.64. The van der Waals surface area contributed by atoms with Gasteiger partial charge in [0.15, 0.2) is 5.96 Å². The molecule has 0 saturated carbocycles. The largest absolute Gasteiger partial charge is 0.383 e. The Morgan fingerprint density at radius 2 is 2.41 bits per heavy atom. The van der Waals surface area contributed by atoms with Crippen LogP contribution < -0.4 is 16.0 Å².